The van der Waals surface area contributed by atoms with Gasteiger partial charge in [0, 0.05) is 31.3 Å². The number of nitrogens with one attached hydrogen (secondary N) is 1. The smallest absolute Gasteiger partial charge is 0.0480 e. The minimum atomic E-state index is 0.461. The molecule has 1 saturated heterocycles. The van der Waals surface area contributed by atoms with Gasteiger partial charge in [0.2, 0.25) is 0 Å². The monoisotopic (exact) mass is 198 g/mol. The molecule has 0 amide bonds. The molecule has 0 atom stereocenters. The number of rotatable bonds is 2. The molecule has 0 aromatic carbocycles. The summed E-state index contributed by atoms with van der Waals surface area (Å²) in [7, 11) is 0. The zero-order valence-electron chi connectivity index (χ0n) is 8.87. The van der Waals surface area contributed by atoms with Crippen molar-refractivity contribution in [1.29, 1.82) is 0 Å². The summed E-state index contributed by atoms with van der Waals surface area (Å²) in [5.41, 5.74) is 5.88. The van der Waals surface area contributed by atoms with Gasteiger partial charge < -0.3 is 15.8 Å². The summed E-state index contributed by atoms with van der Waals surface area (Å²) in [6, 6.07) is 1.88. The minimum absolute atomic E-state index is 0.461. The highest BCUT2D eigenvalue weighted by molar-refractivity contribution is 4.82. The molecule has 1 saturated carbocycles. The van der Waals surface area contributed by atoms with Crippen molar-refractivity contribution in [3.63, 3.8) is 0 Å². The second kappa shape index (κ2) is 5.10. The molecule has 2 aliphatic rings. The van der Waals surface area contributed by atoms with Crippen LogP contribution in [0.2, 0.25) is 0 Å². The first-order valence-corrected chi connectivity index (χ1v) is 5.94. The van der Waals surface area contributed by atoms with Crippen molar-refractivity contribution in [3.8, 4) is 0 Å². The van der Waals surface area contributed by atoms with Crippen LogP contribution in [-0.2, 0) is 4.74 Å². The molecule has 0 unspecified atom stereocenters. The molecule has 2 fully saturated rings. The maximum absolute atomic E-state index is 5.88. The van der Waals surface area contributed by atoms with Crippen LogP contribution in [0.15, 0.2) is 0 Å². The van der Waals surface area contributed by atoms with Crippen LogP contribution >= 0.6 is 0 Å². The molecule has 3 nitrogen and oxygen atoms in total. The van der Waals surface area contributed by atoms with Crippen molar-refractivity contribution >= 4 is 0 Å². The van der Waals surface area contributed by atoms with Crippen LogP contribution in [0.25, 0.3) is 0 Å². The largest absolute Gasteiger partial charge is 0.381 e. The van der Waals surface area contributed by atoms with E-state index in [9.17, 15) is 0 Å². The standard InChI is InChI=1S/C11H22N2O/c12-9-1-3-10(4-2-9)13-11-5-7-14-8-6-11/h9-11,13H,1-8,12H2/t9-,10-. The van der Waals surface area contributed by atoms with Gasteiger partial charge in [0.05, 0.1) is 0 Å². The van der Waals surface area contributed by atoms with E-state index in [0.717, 1.165) is 19.3 Å². The van der Waals surface area contributed by atoms with Crippen LogP contribution in [0.4, 0.5) is 0 Å². The van der Waals surface area contributed by atoms with Gasteiger partial charge in [0.15, 0.2) is 0 Å². The van der Waals surface area contributed by atoms with E-state index in [1.54, 1.807) is 0 Å². The van der Waals surface area contributed by atoms with Crippen LogP contribution in [0, 0.1) is 0 Å². The average molecular weight is 198 g/mol. The van der Waals surface area contributed by atoms with Crippen LogP contribution in [0.3, 0.4) is 0 Å². The molecule has 2 rings (SSSR count). The molecule has 1 aliphatic heterocycles. The summed E-state index contributed by atoms with van der Waals surface area (Å²) in [5, 5.41) is 3.74. The molecule has 0 radical (unpaired) electrons. The molecule has 0 aromatic rings. The Bertz CT molecular complexity index is 161. The normalized spacial score (nSPS) is 35.8. The van der Waals surface area contributed by atoms with E-state index < -0.39 is 0 Å². The van der Waals surface area contributed by atoms with Gasteiger partial charge in [-0.3, -0.25) is 0 Å². The fourth-order valence-corrected chi connectivity index (χ4v) is 2.48. The first kappa shape index (κ1) is 10.4. The van der Waals surface area contributed by atoms with Gasteiger partial charge in [-0.15, -0.1) is 0 Å². The molecule has 3 N–H and O–H groups in total. The van der Waals surface area contributed by atoms with Gasteiger partial charge in [-0.05, 0) is 38.5 Å². The van der Waals surface area contributed by atoms with E-state index in [-0.39, 0.29) is 0 Å². The lowest BCUT2D eigenvalue weighted by Crippen LogP contribution is -2.44. The highest BCUT2D eigenvalue weighted by Gasteiger charge is 2.22. The Hall–Kier alpha value is -0.120. The van der Waals surface area contributed by atoms with Crippen molar-refractivity contribution in [2.75, 3.05) is 13.2 Å². The maximum Gasteiger partial charge on any atom is 0.0480 e. The third-order valence-electron chi connectivity index (χ3n) is 3.46. The Labute approximate surface area is 86.4 Å². The first-order chi connectivity index (χ1) is 6.84. The SMILES string of the molecule is N[C@H]1CC[C@H](NC2CCOCC2)CC1. The molecule has 0 aromatic heterocycles. The number of hydrogen-bond donors (Lipinski definition) is 2. The fourth-order valence-electron chi connectivity index (χ4n) is 2.48. The Kier molecular flexibility index (Phi) is 3.79. The molecular weight excluding hydrogens is 176 g/mol. The molecule has 82 valence electrons. The third-order valence-corrected chi connectivity index (χ3v) is 3.46. The van der Waals surface area contributed by atoms with Gasteiger partial charge in [-0.25, -0.2) is 0 Å². The summed E-state index contributed by atoms with van der Waals surface area (Å²) in [5.74, 6) is 0. The Morgan fingerprint density at radius 1 is 0.857 bits per heavy atom. The topological polar surface area (TPSA) is 47.3 Å². The lowest BCUT2D eigenvalue weighted by atomic mass is 9.91. The number of ether oxygens (including phenoxy) is 1. The Morgan fingerprint density at radius 2 is 1.43 bits per heavy atom. The lowest BCUT2D eigenvalue weighted by Gasteiger charge is -2.32. The van der Waals surface area contributed by atoms with Gasteiger partial charge >= 0.3 is 0 Å². The minimum Gasteiger partial charge on any atom is -0.381 e. The maximum atomic E-state index is 5.88. The van der Waals surface area contributed by atoms with Crippen LogP contribution < -0.4 is 11.1 Å². The van der Waals surface area contributed by atoms with Crippen molar-refractivity contribution in [2.24, 2.45) is 5.73 Å². The molecular formula is C11H22N2O. The van der Waals surface area contributed by atoms with E-state index in [2.05, 4.69) is 5.32 Å². The molecule has 1 heterocycles. The van der Waals surface area contributed by atoms with Crippen molar-refractivity contribution in [2.45, 2.75) is 56.7 Å². The van der Waals surface area contributed by atoms with E-state index in [1.165, 1.54) is 38.5 Å². The van der Waals surface area contributed by atoms with Gasteiger partial charge in [-0.1, -0.05) is 0 Å². The van der Waals surface area contributed by atoms with E-state index in [1.807, 2.05) is 0 Å². The fraction of sp³-hybridized carbons (Fsp3) is 1.00. The summed E-state index contributed by atoms with van der Waals surface area (Å²) in [6.45, 7) is 1.87. The summed E-state index contributed by atoms with van der Waals surface area (Å²) < 4.78 is 5.35. The summed E-state index contributed by atoms with van der Waals surface area (Å²) in [6.07, 6.45) is 7.28. The van der Waals surface area contributed by atoms with Crippen molar-refractivity contribution in [3.05, 3.63) is 0 Å². The Balaban J connectivity index is 1.68. The Morgan fingerprint density at radius 3 is 2.07 bits per heavy atom. The molecule has 14 heavy (non-hydrogen) atoms. The molecule has 0 spiro atoms. The predicted octanol–water partition coefficient (Wildman–Crippen LogP) is 1.02. The molecule has 1 aliphatic carbocycles. The van der Waals surface area contributed by atoms with Crippen molar-refractivity contribution < 1.29 is 4.74 Å². The quantitative estimate of drug-likeness (QED) is 0.696. The number of hydrogen-bond acceptors (Lipinski definition) is 3. The highest BCUT2D eigenvalue weighted by atomic mass is 16.5. The first-order valence-electron chi connectivity index (χ1n) is 5.94. The van der Waals surface area contributed by atoms with Crippen LogP contribution in [0.5, 0.6) is 0 Å². The average Bonchev–Trinajstić information content (AvgIpc) is 2.23. The number of nitrogens with two attached hydrogens (primary N) is 1. The van der Waals surface area contributed by atoms with Crippen LogP contribution in [-0.4, -0.2) is 31.3 Å². The summed E-state index contributed by atoms with van der Waals surface area (Å²) >= 11 is 0. The molecule has 3 heteroatoms. The van der Waals surface area contributed by atoms with E-state index in [0.29, 0.717) is 12.1 Å². The lowest BCUT2D eigenvalue weighted by molar-refractivity contribution is 0.0729. The van der Waals surface area contributed by atoms with Gasteiger partial charge in [-0.2, -0.15) is 0 Å². The second-order valence-corrected chi connectivity index (χ2v) is 4.67. The van der Waals surface area contributed by atoms with Crippen molar-refractivity contribution in [1.82, 2.24) is 5.32 Å². The van der Waals surface area contributed by atoms with E-state index in [4.69, 9.17) is 10.5 Å². The third kappa shape index (κ3) is 2.94. The predicted molar refractivity (Wildman–Crippen MR) is 57.2 cm³/mol. The summed E-state index contributed by atoms with van der Waals surface area (Å²) in [4.78, 5) is 0. The second-order valence-electron chi connectivity index (χ2n) is 4.67. The van der Waals surface area contributed by atoms with Gasteiger partial charge in [0.25, 0.3) is 0 Å². The van der Waals surface area contributed by atoms with E-state index >= 15 is 0 Å². The zero-order chi connectivity index (χ0) is 9.80. The van der Waals surface area contributed by atoms with Gasteiger partial charge in [0.1, 0.15) is 0 Å². The highest BCUT2D eigenvalue weighted by Crippen LogP contribution is 2.19. The zero-order valence-corrected chi connectivity index (χ0v) is 8.87. The molecule has 0 bridgehead atoms. The van der Waals surface area contributed by atoms with Crippen LogP contribution in [0.1, 0.15) is 38.5 Å².